The van der Waals surface area contributed by atoms with Crippen molar-refractivity contribution in [2.75, 3.05) is 0 Å². The Morgan fingerprint density at radius 3 is 2.67 bits per heavy atom. The molecule has 0 aliphatic heterocycles. The Kier molecular flexibility index (Phi) is 2.85. The summed E-state index contributed by atoms with van der Waals surface area (Å²) >= 11 is 3.51. The maximum atomic E-state index is 5.72. The molecular weight excluding hydrogens is 254 g/mol. The van der Waals surface area contributed by atoms with Crippen molar-refractivity contribution in [3.8, 4) is 0 Å². The first kappa shape index (κ1) is 10.7. The van der Waals surface area contributed by atoms with Crippen LogP contribution in [0.2, 0.25) is 0 Å². The Morgan fingerprint density at radius 2 is 2.07 bits per heavy atom. The number of rotatable bonds is 2. The van der Waals surface area contributed by atoms with Gasteiger partial charge in [0.25, 0.3) is 0 Å². The first-order chi connectivity index (χ1) is 7.11. The van der Waals surface area contributed by atoms with Crippen LogP contribution in [0.25, 0.3) is 11.0 Å². The third-order valence-corrected chi connectivity index (χ3v) is 2.94. The third kappa shape index (κ3) is 1.94. The van der Waals surface area contributed by atoms with Gasteiger partial charge in [0.05, 0.1) is 6.54 Å². The van der Waals surface area contributed by atoms with Crippen molar-refractivity contribution in [1.29, 1.82) is 0 Å². The topological polar surface area (TPSA) is 39.2 Å². The van der Waals surface area contributed by atoms with Crippen LogP contribution in [0.4, 0.5) is 0 Å². The molecule has 2 N–H and O–H groups in total. The minimum absolute atomic E-state index is 0.446. The predicted molar refractivity (Wildman–Crippen MR) is 65.9 cm³/mol. The monoisotopic (exact) mass is 267 g/mol. The Labute approximate surface area is 97.6 Å². The van der Waals surface area contributed by atoms with Crippen molar-refractivity contribution in [1.82, 2.24) is 0 Å². The molecule has 0 saturated heterocycles. The SMILES string of the molecule is CC(C)c1cc(Br)cc2cc(CN)oc12. The van der Waals surface area contributed by atoms with Gasteiger partial charge in [0.1, 0.15) is 11.3 Å². The lowest BCUT2D eigenvalue weighted by Gasteiger charge is -2.06. The molecule has 1 heterocycles. The van der Waals surface area contributed by atoms with Crippen LogP contribution < -0.4 is 5.73 Å². The van der Waals surface area contributed by atoms with Crippen molar-refractivity contribution in [2.24, 2.45) is 5.73 Å². The molecule has 0 aliphatic rings. The smallest absolute Gasteiger partial charge is 0.137 e. The minimum Gasteiger partial charge on any atom is -0.459 e. The fraction of sp³-hybridized carbons (Fsp3) is 0.333. The van der Waals surface area contributed by atoms with E-state index in [1.165, 1.54) is 5.56 Å². The number of furan rings is 1. The fourth-order valence-corrected chi connectivity index (χ4v) is 2.22. The van der Waals surface area contributed by atoms with E-state index in [4.69, 9.17) is 10.2 Å². The van der Waals surface area contributed by atoms with Crippen molar-refractivity contribution in [3.05, 3.63) is 34.0 Å². The zero-order valence-corrected chi connectivity index (χ0v) is 10.5. The largest absolute Gasteiger partial charge is 0.459 e. The maximum absolute atomic E-state index is 5.72. The van der Waals surface area contributed by atoms with Crippen LogP contribution in [0.5, 0.6) is 0 Å². The molecule has 0 spiro atoms. The number of hydrogen-bond donors (Lipinski definition) is 1. The second-order valence-corrected chi connectivity index (χ2v) is 4.90. The summed E-state index contributed by atoms with van der Waals surface area (Å²) in [6.45, 7) is 4.77. The average Bonchev–Trinajstić information content (AvgIpc) is 2.58. The van der Waals surface area contributed by atoms with Crippen LogP contribution in [0.1, 0.15) is 31.1 Å². The Balaban J connectivity index is 2.72. The van der Waals surface area contributed by atoms with Gasteiger partial charge >= 0.3 is 0 Å². The molecule has 2 rings (SSSR count). The van der Waals surface area contributed by atoms with Gasteiger partial charge in [-0.3, -0.25) is 0 Å². The number of halogens is 1. The summed E-state index contributed by atoms with van der Waals surface area (Å²) < 4.78 is 6.80. The van der Waals surface area contributed by atoms with Gasteiger partial charge < -0.3 is 10.2 Å². The normalized spacial score (nSPS) is 11.5. The van der Waals surface area contributed by atoms with Crippen molar-refractivity contribution in [2.45, 2.75) is 26.3 Å². The summed E-state index contributed by atoms with van der Waals surface area (Å²) in [6, 6.07) is 6.17. The van der Waals surface area contributed by atoms with E-state index in [-0.39, 0.29) is 0 Å². The molecule has 0 aliphatic carbocycles. The highest BCUT2D eigenvalue weighted by molar-refractivity contribution is 9.10. The number of hydrogen-bond acceptors (Lipinski definition) is 2. The molecule has 3 heteroatoms. The van der Waals surface area contributed by atoms with E-state index in [1.807, 2.05) is 6.07 Å². The molecule has 0 fully saturated rings. The summed E-state index contributed by atoms with van der Waals surface area (Å²) in [5.41, 5.74) is 7.76. The van der Waals surface area contributed by atoms with Gasteiger partial charge in [-0.15, -0.1) is 0 Å². The Hall–Kier alpha value is -0.800. The first-order valence-electron chi connectivity index (χ1n) is 5.03. The lowest BCUT2D eigenvalue weighted by molar-refractivity contribution is 0.547. The molecule has 0 saturated carbocycles. The molecular formula is C12H14BrNO. The third-order valence-electron chi connectivity index (χ3n) is 2.48. The molecule has 0 bridgehead atoms. The number of fused-ring (bicyclic) bond motifs is 1. The Bertz CT molecular complexity index is 488. The van der Waals surface area contributed by atoms with E-state index in [9.17, 15) is 0 Å². The lowest BCUT2D eigenvalue weighted by atomic mass is 10.0. The first-order valence-corrected chi connectivity index (χ1v) is 5.83. The van der Waals surface area contributed by atoms with Gasteiger partial charge in [0, 0.05) is 9.86 Å². The van der Waals surface area contributed by atoms with Gasteiger partial charge in [-0.05, 0) is 29.7 Å². The summed E-state index contributed by atoms with van der Waals surface area (Å²) in [5, 5.41) is 1.12. The highest BCUT2D eigenvalue weighted by Gasteiger charge is 2.11. The molecule has 0 atom stereocenters. The summed E-state index contributed by atoms with van der Waals surface area (Å²) in [4.78, 5) is 0. The van der Waals surface area contributed by atoms with Gasteiger partial charge in [-0.25, -0.2) is 0 Å². The van der Waals surface area contributed by atoms with E-state index in [0.29, 0.717) is 12.5 Å². The zero-order valence-electron chi connectivity index (χ0n) is 8.88. The van der Waals surface area contributed by atoms with Crippen molar-refractivity contribution < 1.29 is 4.42 Å². The average molecular weight is 268 g/mol. The minimum atomic E-state index is 0.446. The van der Waals surface area contributed by atoms with E-state index in [0.717, 1.165) is 21.2 Å². The van der Waals surface area contributed by atoms with E-state index in [1.54, 1.807) is 0 Å². The van der Waals surface area contributed by atoms with Crippen LogP contribution in [0.15, 0.2) is 27.1 Å². The van der Waals surface area contributed by atoms with Crippen LogP contribution in [-0.2, 0) is 6.54 Å². The summed E-state index contributed by atoms with van der Waals surface area (Å²) in [6.07, 6.45) is 0. The van der Waals surface area contributed by atoms with E-state index in [2.05, 4.69) is 41.9 Å². The van der Waals surface area contributed by atoms with Crippen LogP contribution >= 0.6 is 15.9 Å². The highest BCUT2D eigenvalue weighted by Crippen LogP contribution is 2.31. The standard InChI is InChI=1S/C12H14BrNO/c1-7(2)11-5-9(13)3-8-4-10(6-14)15-12(8)11/h3-5,7H,6,14H2,1-2H3. The van der Waals surface area contributed by atoms with Gasteiger partial charge in [0.15, 0.2) is 0 Å². The summed E-state index contributed by atoms with van der Waals surface area (Å²) in [5.74, 6) is 1.28. The van der Waals surface area contributed by atoms with Crippen molar-refractivity contribution >= 4 is 26.9 Å². The predicted octanol–water partition coefficient (Wildman–Crippen LogP) is 3.78. The van der Waals surface area contributed by atoms with Crippen LogP contribution in [0.3, 0.4) is 0 Å². The van der Waals surface area contributed by atoms with Gasteiger partial charge in [-0.1, -0.05) is 29.8 Å². The van der Waals surface area contributed by atoms with E-state index < -0.39 is 0 Å². The zero-order chi connectivity index (χ0) is 11.0. The molecule has 80 valence electrons. The van der Waals surface area contributed by atoms with Crippen molar-refractivity contribution in [3.63, 3.8) is 0 Å². The molecule has 2 aromatic rings. The van der Waals surface area contributed by atoms with Crippen LogP contribution in [-0.4, -0.2) is 0 Å². The molecule has 2 nitrogen and oxygen atoms in total. The lowest BCUT2D eigenvalue weighted by Crippen LogP contribution is -1.92. The van der Waals surface area contributed by atoms with Gasteiger partial charge in [-0.2, -0.15) is 0 Å². The molecule has 1 aromatic carbocycles. The second kappa shape index (κ2) is 3.99. The van der Waals surface area contributed by atoms with Crippen LogP contribution in [0, 0.1) is 0 Å². The number of nitrogens with two attached hydrogens (primary N) is 1. The Morgan fingerprint density at radius 1 is 1.33 bits per heavy atom. The molecule has 1 aromatic heterocycles. The quantitative estimate of drug-likeness (QED) is 0.900. The molecule has 0 radical (unpaired) electrons. The maximum Gasteiger partial charge on any atom is 0.137 e. The van der Waals surface area contributed by atoms with E-state index >= 15 is 0 Å². The molecule has 0 unspecified atom stereocenters. The fourth-order valence-electron chi connectivity index (χ4n) is 1.73. The van der Waals surface area contributed by atoms with Gasteiger partial charge in [0.2, 0.25) is 0 Å². The molecule has 0 amide bonds. The highest BCUT2D eigenvalue weighted by atomic mass is 79.9. The number of benzene rings is 1. The second-order valence-electron chi connectivity index (χ2n) is 3.98. The molecule has 15 heavy (non-hydrogen) atoms. The summed E-state index contributed by atoms with van der Waals surface area (Å²) in [7, 11) is 0.